The zero-order chi connectivity index (χ0) is 17.2. The highest BCUT2D eigenvalue weighted by Crippen LogP contribution is 2.29. The third-order valence-corrected chi connectivity index (χ3v) is 4.74. The molecule has 1 aliphatic carbocycles. The molecule has 3 rings (SSSR count). The molecule has 0 radical (unpaired) electrons. The van der Waals surface area contributed by atoms with Gasteiger partial charge in [0, 0.05) is 0 Å². The van der Waals surface area contributed by atoms with Gasteiger partial charge in [-0.3, -0.25) is 4.79 Å². The lowest BCUT2D eigenvalue weighted by atomic mass is 9.88. The normalized spacial score (nSPS) is 17.3. The summed E-state index contributed by atoms with van der Waals surface area (Å²) in [6.45, 7) is 0.0262. The van der Waals surface area contributed by atoms with Crippen molar-refractivity contribution >= 4 is 15.9 Å². The van der Waals surface area contributed by atoms with Gasteiger partial charge in [-0.2, -0.15) is 0 Å². The van der Waals surface area contributed by atoms with E-state index in [-0.39, 0.29) is 24.3 Å². The van der Waals surface area contributed by atoms with E-state index >= 15 is 0 Å². The lowest BCUT2D eigenvalue weighted by molar-refractivity contribution is 0.0903. The molecule has 7 heteroatoms. The van der Waals surface area contributed by atoms with Gasteiger partial charge in [0.1, 0.15) is 5.76 Å². The molecule has 24 heavy (non-hydrogen) atoms. The van der Waals surface area contributed by atoms with Crippen molar-refractivity contribution in [3.8, 4) is 0 Å². The molecule has 1 amide bonds. The van der Waals surface area contributed by atoms with Gasteiger partial charge >= 0.3 is 0 Å². The van der Waals surface area contributed by atoms with Crippen LogP contribution >= 0.6 is 0 Å². The quantitative estimate of drug-likeness (QED) is 0.866. The fourth-order valence-corrected chi connectivity index (χ4v) is 3.33. The number of hydrogen-bond donors (Lipinski definition) is 2. The molecule has 0 bridgehead atoms. The van der Waals surface area contributed by atoms with Crippen LogP contribution in [0.25, 0.3) is 0 Å². The first-order valence-electron chi connectivity index (χ1n) is 7.84. The molecule has 1 aliphatic rings. The molecule has 1 atom stereocenters. The average molecular weight is 348 g/mol. The van der Waals surface area contributed by atoms with Gasteiger partial charge in [-0.05, 0) is 42.5 Å². The minimum Gasteiger partial charge on any atom is -0.455 e. The number of carbonyl (C=O) groups is 1. The van der Waals surface area contributed by atoms with Crippen molar-refractivity contribution in [3.63, 3.8) is 0 Å². The smallest absolute Gasteiger partial charge is 0.287 e. The Morgan fingerprint density at radius 1 is 1.25 bits per heavy atom. The van der Waals surface area contributed by atoms with E-state index in [4.69, 9.17) is 4.42 Å². The summed E-state index contributed by atoms with van der Waals surface area (Å²) in [5.41, 5.74) is 2.43. The number of rotatable bonds is 5. The topological polar surface area (TPSA) is 88.4 Å². The fourth-order valence-electron chi connectivity index (χ4n) is 2.93. The highest BCUT2D eigenvalue weighted by atomic mass is 32.2. The Hall–Kier alpha value is -2.12. The lowest BCUT2D eigenvalue weighted by Crippen LogP contribution is -2.30. The predicted octanol–water partition coefficient (Wildman–Crippen LogP) is 2.14. The fraction of sp³-hybridized carbons (Fsp3) is 0.353. The Labute approximate surface area is 141 Å². The standard InChI is InChI=1S/C17H20N2O4S/c1-24(21,22)18-11-13-9-10-16(23-13)17(20)19-15-8-4-6-12-5-2-3-7-14(12)15/h2-3,5,7,9-10,15,18H,4,6,8,11H2,1H3,(H,19,20)/t15-/m0/s1. The Bertz CT molecular complexity index is 842. The Morgan fingerprint density at radius 3 is 2.83 bits per heavy atom. The SMILES string of the molecule is CS(=O)(=O)NCc1ccc(C(=O)N[C@H]2CCCc3ccccc32)o1. The predicted molar refractivity (Wildman–Crippen MR) is 90.0 cm³/mol. The van der Waals surface area contributed by atoms with Crippen molar-refractivity contribution < 1.29 is 17.6 Å². The summed E-state index contributed by atoms with van der Waals surface area (Å²) < 4.78 is 29.9. The zero-order valence-corrected chi connectivity index (χ0v) is 14.2. The summed E-state index contributed by atoms with van der Waals surface area (Å²) in [4.78, 5) is 12.4. The summed E-state index contributed by atoms with van der Waals surface area (Å²) in [6.07, 6.45) is 4.03. The number of sulfonamides is 1. The first-order chi connectivity index (χ1) is 11.4. The second kappa shape index (κ2) is 6.78. The van der Waals surface area contributed by atoms with Gasteiger partial charge in [0.15, 0.2) is 5.76 Å². The molecule has 2 N–H and O–H groups in total. The molecule has 0 saturated heterocycles. The number of furan rings is 1. The highest BCUT2D eigenvalue weighted by molar-refractivity contribution is 7.88. The van der Waals surface area contributed by atoms with Gasteiger partial charge in [-0.1, -0.05) is 24.3 Å². The monoisotopic (exact) mass is 348 g/mol. The van der Waals surface area contributed by atoms with Crippen LogP contribution in [0.3, 0.4) is 0 Å². The van der Waals surface area contributed by atoms with Crippen LogP contribution in [0.4, 0.5) is 0 Å². The Kier molecular flexibility index (Phi) is 4.73. The van der Waals surface area contributed by atoms with Crippen molar-refractivity contribution in [2.75, 3.05) is 6.26 Å². The van der Waals surface area contributed by atoms with Crippen LogP contribution < -0.4 is 10.0 Å². The van der Waals surface area contributed by atoms with Gasteiger partial charge < -0.3 is 9.73 Å². The van der Waals surface area contributed by atoms with E-state index in [0.717, 1.165) is 31.1 Å². The number of benzene rings is 1. The molecule has 0 spiro atoms. The maximum Gasteiger partial charge on any atom is 0.287 e. The zero-order valence-electron chi connectivity index (χ0n) is 13.4. The van der Waals surface area contributed by atoms with E-state index < -0.39 is 10.0 Å². The molecule has 2 aromatic rings. The minimum absolute atomic E-state index is 0.0230. The van der Waals surface area contributed by atoms with E-state index in [0.29, 0.717) is 5.76 Å². The number of carbonyl (C=O) groups excluding carboxylic acids is 1. The van der Waals surface area contributed by atoms with Crippen LogP contribution in [-0.2, 0) is 23.0 Å². The van der Waals surface area contributed by atoms with Crippen LogP contribution in [0.15, 0.2) is 40.8 Å². The van der Waals surface area contributed by atoms with Crippen LogP contribution in [-0.4, -0.2) is 20.6 Å². The Balaban J connectivity index is 1.67. The molecule has 1 aromatic carbocycles. The summed E-state index contributed by atoms with van der Waals surface area (Å²) >= 11 is 0. The van der Waals surface area contributed by atoms with Gasteiger partial charge in [-0.15, -0.1) is 0 Å². The number of fused-ring (bicyclic) bond motifs is 1. The number of hydrogen-bond acceptors (Lipinski definition) is 4. The lowest BCUT2D eigenvalue weighted by Gasteiger charge is -2.25. The van der Waals surface area contributed by atoms with Gasteiger partial charge in [0.25, 0.3) is 5.91 Å². The molecular formula is C17H20N2O4S. The molecule has 0 unspecified atom stereocenters. The molecule has 128 valence electrons. The van der Waals surface area contributed by atoms with E-state index in [1.165, 1.54) is 5.56 Å². The molecule has 6 nitrogen and oxygen atoms in total. The summed E-state index contributed by atoms with van der Waals surface area (Å²) in [5.74, 6) is 0.292. The van der Waals surface area contributed by atoms with Gasteiger partial charge in [0.2, 0.25) is 10.0 Å². The second-order valence-electron chi connectivity index (χ2n) is 5.98. The van der Waals surface area contributed by atoms with Crippen LogP contribution in [0.1, 0.15) is 46.3 Å². The van der Waals surface area contributed by atoms with Crippen molar-refractivity contribution in [2.45, 2.75) is 31.8 Å². The molecule has 1 heterocycles. The maximum atomic E-state index is 12.4. The van der Waals surface area contributed by atoms with Crippen molar-refractivity contribution in [1.82, 2.24) is 10.0 Å². The number of aryl methyl sites for hydroxylation is 1. The third kappa shape index (κ3) is 4.04. The minimum atomic E-state index is -3.30. The number of nitrogens with one attached hydrogen (secondary N) is 2. The first-order valence-corrected chi connectivity index (χ1v) is 9.73. The summed E-state index contributed by atoms with van der Waals surface area (Å²) in [5, 5.41) is 3.01. The number of amides is 1. The maximum absolute atomic E-state index is 12.4. The summed E-state index contributed by atoms with van der Waals surface area (Å²) in [7, 11) is -3.30. The van der Waals surface area contributed by atoms with Crippen LogP contribution in [0.2, 0.25) is 0 Å². The van der Waals surface area contributed by atoms with Crippen LogP contribution in [0, 0.1) is 0 Å². The molecule has 0 fully saturated rings. The third-order valence-electron chi connectivity index (χ3n) is 4.07. The largest absolute Gasteiger partial charge is 0.455 e. The second-order valence-corrected chi connectivity index (χ2v) is 7.81. The Morgan fingerprint density at radius 2 is 2.04 bits per heavy atom. The van der Waals surface area contributed by atoms with Crippen LogP contribution in [0.5, 0.6) is 0 Å². The summed E-state index contributed by atoms with van der Waals surface area (Å²) in [6, 6.07) is 11.3. The molecule has 0 saturated carbocycles. The van der Waals surface area contributed by atoms with E-state index in [9.17, 15) is 13.2 Å². The van der Waals surface area contributed by atoms with E-state index in [2.05, 4.69) is 16.1 Å². The van der Waals surface area contributed by atoms with E-state index in [1.54, 1.807) is 12.1 Å². The van der Waals surface area contributed by atoms with Crippen molar-refractivity contribution in [1.29, 1.82) is 0 Å². The molecular weight excluding hydrogens is 328 g/mol. The van der Waals surface area contributed by atoms with Gasteiger partial charge in [-0.25, -0.2) is 13.1 Å². The van der Waals surface area contributed by atoms with Gasteiger partial charge in [0.05, 0.1) is 18.8 Å². The first kappa shape index (κ1) is 16.7. The average Bonchev–Trinajstić information content (AvgIpc) is 3.02. The highest BCUT2D eigenvalue weighted by Gasteiger charge is 2.23. The molecule has 1 aromatic heterocycles. The van der Waals surface area contributed by atoms with E-state index in [1.807, 2.05) is 18.2 Å². The molecule has 0 aliphatic heterocycles. The van der Waals surface area contributed by atoms with Crippen molar-refractivity contribution in [3.05, 3.63) is 59.0 Å². The van der Waals surface area contributed by atoms with Crippen molar-refractivity contribution in [2.24, 2.45) is 0 Å².